The van der Waals surface area contributed by atoms with Crippen molar-refractivity contribution < 1.29 is 9.15 Å². The molecule has 0 radical (unpaired) electrons. The number of hydrogen-bond donors (Lipinski definition) is 1. The molecule has 0 saturated carbocycles. The number of rotatable bonds is 5. The number of ether oxygens (including phenoxy) is 1. The maximum Gasteiger partial charge on any atom is 0.142 e. The Hall–Kier alpha value is -2.68. The van der Waals surface area contributed by atoms with E-state index in [0.717, 1.165) is 22.8 Å². The molecule has 0 fully saturated rings. The molecule has 0 aliphatic carbocycles. The van der Waals surface area contributed by atoms with Crippen molar-refractivity contribution in [3.05, 3.63) is 72.7 Å². The molecule has 21 heavy (non-hydrogen) atoms. The number of furan rings is 1. The summed E-state index contributed by atoms with van der Waals surface area (Å²) in [6, 6.07) is 20.2. The fraction of sp³-hybridized carbons (Fsp3) is 0.111. The third-order valence-electron chi connectivity index (χ3n) is 3.34. The molecule has 0 atom stereocenters. The van der Waals surface area contributed by atoms with E-state index in [0.29, 0.717) is 6.54 Å². The predicted molar refractivity (Wildman–Crippen MR) is 84.5 cm³/mol. The van der Waals surface area contributed by atoms with Gasteiger partial charge in [-0.25, -0.2) is 0 Å². The van der Waals surface area contributed by atoms with Crippen LogP contribution in [0.15, 0.2) is 71.3 Å². The zero-order valence-corrected chi connectivity index (χ0v) is 11.9. The first kappa shape index (κ1) is 13.3. The summed E-state index contributed by atoms with van der Waals surface area (Å²) in [5.41, 5.74) is 3.29. The van der Waals surface area contributed by atoms with Crippen LogP contribution in [0.5, 0.6) is 5.75 Å². The molecule has 0 spiro atoms. The minimum Gasteiger partial charge on any atom is -0.495 e. The van der Waals surface area contributed by atoms with E-state index in [9.17, 15) is 0 Å². The number of anilines is 1. The summed E-state index contributed by atoms with van der Waals surface area (Å²) in [6.45, 7) is 0.627. The molecule has 2 aromatic carbocycles. The van der Waals surface area contributed by atoms with Crippen molar-refractivity contribution in [1.29, 1.82) is 0 Å². The summed E-state index contributed by atoms with van der Waals surface area (Å²) in [6.07, 6.45) is 1.68. The van der Waals surface area contributed by atoms with Crippen LogP contribution < -0.4 is 10.1 Å². The van der Waals surface area contributed by atoms with Gasteiger partial charge >= 0.3 is 0 Å². The van der Waals surface area contributed by atoms with Crippen LogP contribution in [0.2, 0.25) is 0 Å². The van der Waals surface area contributed by atoms with Gasteiger partial charge in [-0.3, -0.25) is 0 Å². The van der Waals surface area contributed by atoms with Crippen molar-refractivity contribution in [1.82, 2.24) is 0 Å². The molecule has 0 amide bonds. The minimum absolute atomic E-state index is 0.627. The molecule has 3 aromatic rings. The first-order valence-corrected chi connectivity index (χ1v) is 6.86. The highest BCUT2D eigenvalue weighted by Gasteiger charge is 2.06. The van der Waals surface area contributed by atoms with E-state index in [4.69, 9.17) is 9.15 Å². The number of methoxy groups -OCH3 is 1. The molecule has 106 valence electrons. The Morgan fingerprint density at radius 2 is 1.81 bits per heavy atom. The smallest absolute Gasteiger partial charge is 0.142 e. The van der Waals surface area contributed by atoms with Gasteiger partial charge in [-0.05, 0) is 35.4 Å². The summed E-state index contributed by atoms with van der Waals surface area (Å²) < 4.78 is 10.8. The molecule has 1 aromatic heterocycles. The van der Waals surface area contributed by atoms with E-state index < -0.39 is 0 Å². The molecule has 0 aliphatic rings. The SMILES string of the molecule is COc1ccc(-c2ccccc2)cc1NCc1ccco1. The lowest BCUT2D eigenvalue weighted by molar-refractivity contribution is 0.416. The molecule has 1 heterocycles. The molecule has 3 rings (SSSR count). The van der Waals surface area contributed by atoms with Crippen LogP contribution >= 0.6 is 0 Å². The standard InChI is InChI=1S/C18H17NO2/c1-20-18-10-9-15(14-6-3-2-4-7-14)12-17(18)19-13-16-8-5-11-21-16/h2-12,19H,13H2,1H3. The Bertz CT molecular complexity index is 691. The summed E-state index contributed by atoms with van der Waals surface area (Å²) in [4.78, 5) is 0. The van der Waals surface area contributed by atoms with Gasteiger partial charge in [-0.15, -0.1) is 0 Å². The monoisotopic (exact) mass is 279 g/mol. The van der Waals surface area contributed by atoms with Gasteiger partial charge in [0.15, 0.2) is 0 Å². The van der Waals surface area contributed by atoms with Crippen molar-refractivity contribution in [2.45, 2.75) is 6.54 Å². The lowest BCUT2D eigenvalue weighted by Gasteiger charge is -2.12. The quantitative estimate of drug-likeness (QED) is 0.743. The molecule has 0 unspecified atom stereocenters. The summed E-state index contributed by atoms with van der Waals surface area (Å²) >= 11 is 0. The topological polar surface area (TPSA) is 34.4 Å². The van der Waals surface area contributed by atoms with E-state index in [1.807, 2.05) is 36.4 Å². The second-order valence-electron chi connectivity index (χ2n) is 4.71. The van der Waals surface area contributed by atoms with Gasteiger partial charge in [0.25, 0.3) is 0 Å². The van der Waals surface area contributed by atoms with Gasteiger partial charge in [-0.1, -0.05) is 36.4 Å². The third kappa shape index (κ3) is 3.08. The van der Waals surface area contributed by atoms with E-state index >= 15 is 0 Å². The molecule has 0 bridgehead atoms. The van der Waals surface area contributed by atoms with Crippen molar-refractivity contribution in [2.75, 3.05) is 12.4 Å². The fourth-order valence-electron chi connectivity index (χ4n) is 2.25. The average Bonchev–Trinajstić information content (AvgIpc) is 3.07. The van der Waals surface area contributed by atoms with Crippen LogP contribution in [0.4, 0.5) is 5.69 Å². The second-order valence-corrected chi connectivity index (χ2v) is 4.71. The second kappa shape index (κ2) is 6.18. The maximum absolute atomic E-state index is 5.41. The molecule has 3 nitrogen and oxygen atoms in total. The third-order valence-corrected chi connectivity index (χ3v) is 3.34. The van der Waals surface area contributed by atoms with Crippen LogP contribution in [0, 0.1) is 0 Å². The first-order chi connectivity index (χ1) is 10.4. The molecule has 0 saturated heterocycles. The lowest BCUT2D eigenvalue weighted by Crippen LogP contribution is -2.00. The summed E-state index contributed by atoms with van der Waals surface area (Å²) in [7, 11) is 1.68. The Morgan fingerprint density at radius 1 is 0.952 bits per heavy atom. The Kier molecular flexibility index (Phi) is 3.92. The average molecular weight is 279 g/mol. The lowest BCUT2D eigenvalue weighted by atomic mass is 10.0. The van der Waals surface area contributed by atoms with Crippen LogP contribution in [-0.4, -0.2) is 7.11 Å². The van der Waals surface area contributed by atoms with Crippen LogP contribution in [0.25, 0.3) is 11.1 Å². The van der Waals surface area contributed by atoms with Crippen molar-refractivity contribution in [3.63, 3.8) is 0 Å². The zero-order chi connectivity index (χ0) is 14.5. The Balaban J connectivity index is 1.86. The fourth-order valence-corrected chi connectivity index (χ4v) is 2.25. The molecule has 0 aliphatic heterocycles. The zero-order valence-electron chi connectivity index (χ0n) is 11.9. The first-order valence-electron chi connectivity index (χ1n) is 6.86. The molecular weight excluding hydrogens is 262 g/mol. The highest BCUT2D eigenvalue weighted by Crippen LogP contribution is 2.30. The number of hydrogen-bond acceptors (Lipinski definition) is 3. The van der Waals surface area contributed by atoms with Gasteiger partial charge in [0.1, 0.15) is 11.5 Å². The highest BCUT2D eigenvalue weighted by atomic mass is 16.5. The Labute approximate surface area is 124 Å². The van der Waals surface area contributed by atoms with Gasteiger partial charge < -0.3 is 14.5 Å². The highest BCUT2D eigenvalue weighted by molar-refractivity contribution is 5.71. The summed E-state index contributed by atoms with van der Waals surface area (Å²) in [5.74, 6) is 1.71. The summed E-state index contributed by atoms with van der Waals surface area (Å²) in [5, 5.41) is 3.36. The number of nitrogens with one attached hydrogen (secondary N) is 1. The predicted octanol–water partition coefficient (Wildman–Crippen LogP) is 4.57. The number of benzene rings is 2. The molecule has 1 N–H and O–H groups in total. The van der Waals surface area contributed by atoms with Gasteiger partial charge in [0, 0.05) is 0 Å². The van der Waals surface area contributed by atoms with Gasteiger partial charge in [-0.2, -0.15) is 0 Å². The van der Waals surface area contributed by atoms with Crippen molar-refractivity contribution >= 4 is 5.69 Å². The van der Waals surface area contributed by atoms with E-state index in [2.05, 4.69) is 29.6 Å². The van der Waals surface area contributed by atoms with E-state index in [1.54, 1.807) is 13.4 Å². The van der Waals surface area contributed by atoms with Crippen LogP contribution in [0.3, 0.4) is 0 Å². The minimum atomic E-state index is 0.627. The van der Waals surface area contributed by atoms with Gasteiger partial charge in [0.2, 0.25) is 0 Å². The van der Waals surface area contributed by atoms with Gasteiger partial charge in [0.05, 0.1) is 25.6 Å². The largest absolute Gasteiger partial charge is 0.495 e. The van der Waals surface area contributed by atoms with Crippen LogP contribution in [-0.2, 0) is 6.54 Å². The van der Waals surface area contributed by atoms with Crippen molar-refractivity contribution in [3.8, 4) is 16.9 Å². The maximum atomic E-state index is 5.41. The van der Waals surface area contributed by atoms with Crippen LogP contribution in [0.1, 0.15) is 5.76 Å². The van der Waals surface area contributed by atoms with E-state index in [-0.39, 0.29) is 0 Å². The van der Waals surface area contributed by atoms with E-state index in [1.165, 1.54) is 5.56 Å². The normalized spacial score (nSPS) is 10.3. The molecular formula is C18H17NO2. The Morgan fingerprint density at radius 3 is 2.52 bits per heavy atom. The van der Waals surface area contributed by atoms with Crippen molar-refractivity contribution in [2.24, 2.45) is 0 Å². The molecule has 3 heteroatoms.